The lowest BCUT2D eigenvalue weighted by Crippen LogP contribution is -2.49. The number of carbonyl (C=O) groups excluding carboxylic acids is 1. The summed E-state index contributed by atoms with van der Waals surface area (Å²) < 4.78 is 1.93. The van der Waals surface area contributed by atoms with Crippen LogP contribution in [0.1, 0.15) is 39.3 Å². The number of aromatic nitrogens is 2. The van der Waals surface area contributed by atoms with Crippen molar-refractivity contribution in [1.82, 2.24) is 14.9 Å². The molecule has 1 aromatic carbocycles. The van der Waals surface area contributed by atoms with Gasteiger partial charge >= 0.3 is 0 Å². The number of hydrogen-bond acceptors (Lipinski definition) is 3. The molecule has 1 heterocycles. The average Bonchev–Trinajstić information content (AvgIpc) is 2.99. The van der Waals surface area contributed by atoms with E-state index < -0.39 is 6.04 Å². The van der Waals surface area contributed by atoms with E-state index in [1.54, 1.807) is 12.5 Å². The molecule has 5 nitrogen and oxygen atoms in total. The van der Waals surface area contributed by atoms with Crippen LogP contribution >= 0.6 is 24.8 Å². The smallest absolute Gasteiger partial charge is 0.237 e. The van der Waals surface area contributed by atoms with Crippen molar-refractivity contribution >= 4 is 30.7 Å². The van der Waals surface area contributed by atoms with Crippen LogP contribution in [0.15, 0.2) is 43.0 Å². The summed E-state index contributed by atoms with van der Waals surface area (Å²) in [5.74, 6) is -0.131. The molecule has 0 fully saturated rings. The Hall–Kier alpha value is -1.56. The van der Waals surface area contributed by atoms with Gasteiger partial charge in [-0.3, -0.25) is 4.79 Å². The van der Waals surface area contributed by atoms with Crippen molar-refractivity contribution in [2.24, 2.45) is 11.1 Å². The fourth-order valence-electron chi connectivity index (χ4n) is 2.15. The first-order valence-corrected chi connectivity index (χ1v) is 7.43. The number of nitrogens with one attached hydrogen (secondary N) is 1. The fourth-order valence-corrected chi connectivity index (χ4v) is 2.15. The van der Waals surface area contributed by atoms with Crippen molar-refractivity contribution in [2.45, 2.75) is 39.8 Å². The highest BCUT2D eigenvalue weighted by Crippen LogP contribution is 2.20. The maximum Gasteiger partial charge on any atom is 0.237 e. The Bertz CT molecular complexity index is 638. The van der Waals surface area contributed by atoms with Crippen LogP contribution in [-0.2, 0) is 4.79 Å². The van der Waals surface area contributed by atoms with Crippen molar-refractivity contribution in [3.63, 3.8) is 0 Å². The molecule has 0 aliphatic rings. The lowest BCUT2D eigenvalue weighted by Gasteiger charge is -2.27. The summed E-state index contributed by atoms with van der Waals surface area (Å²) in [6, 6.07) is 7.36. The first-order chi connectivity index (χ1) is 10.3. The van der Waals surface area contributed by atoms with Crippen molar-refractivity contribution < 1.29 is 4.79 Å². The first kappa shape index (κ1) is 22.4. The molecule has 1 unspecified atom stereocenters. The Kier molecular flexibility index (Phi) is 8.47. The van der Waals surface area contributed by atoms with Gasteiger partial charge in [-0.25, -0.2) is 4.98 Å². The van der Waals surface area contributed by atoms with E-state index in [4.69, 9.17) is 5.73 Å². The molecule has 24 heavy (non-hydrogen) atoms. The zero-order valence-corrected chi connectivity index (χ0v) is 16.0. The number of halogens is 2. The summed E-state index contributed by atoms with van der Waals surface area (Å²) in [5, 5.41) is 2.99. The molecule has 1 aromatic heterocycles. The second kappa shape index (κ2) is 9.06. The predicted molar refractivity (Wildman–Crippen MR) is 102 cm³/mol. The Morgan fingerprint density at radius 2 is 1.96 bits per heavy atom. The molecule has 0 saturated carbocycles. The molecule has 134 valence electrons. The van der Waals surface area contributed by atoms with Gasteiger partial charge in [0.2, 0.25) is 5.91 Å². The van der Waals surface area contributed by atoms with Crippen molar-refractivity contribution in [2.75, 3.05) is 0 Å². The Morgan fingerprint density at radius 1 is 1.29 bits per heavy atom. The Labute approximate surface area is 155 Å². The highest BCUT2D eigenvalue weighted by Gasteiger charge is 2.28. The number of nitrogens with zero attached hydrogens (tertiary/aromatic N) is 2. The number of nitrogens with two attached hydrogens (primary N) is 1. The van der Waals surface area contributed by atoms with E-state index in [-0.39, 0.29) is 42.2 Å². The van der Waals surface area contributed by atoms with Crippen molar-refractivity contribution in [3.8, 4) is 5.69 Å². The van der Waals surface area contributed by atoms with Crippen LogP contribution in [0, 0.1) is 5.41 Å². The molecule has 0 radical (unpaired) electrons. The molecule has 0 bridgehead atoms. The number of imidazole rings is 1. The number of benzene rings is 1. The van der Waals surface area contributed by atoms with Gasteiger partial charge in [0.15, 0.2) is 0 Å². The summed E-state index contributed by atoms with van der Waals surface area (Å²) in [5.41, 5.74) is 7.78. The molecule has 0 aliphatic heterocycles. The van der Waals surface area contributed by atoms with Gasteiger partial charge in [-0.2, -0.15) is 0 Å². The van der Waals surface area contributed by atoms with Gasteiger partial charge in [0.25, 0.3) is 0 Å². The van der Waals surface area contributed by atoms with Crippen LogP contribution in [-0.4, -0.2) is 21.5 Å². The van der Waals surface area contributed by atoms with Crippen LogP contribution < -0.4 is 11.1 Å². The van der Waals surface area contributed by atoms with Crippen molar-refractivity contribution in [1.29, 1.82) is 0 Å². The molecule has 1 amide bonds. The Morgan fingerprint density at radius 3 is 2.50 bits per heavy atom. The molecule has 0 saturated heterocycles. The minimum absolute atomic E-state index is 0. The molecule has 2 rings (SSSR count). The number of hydrogen-bond donors (Lipinski definition) is 2. The quantitative estimate of drug-likeness (QED) is 0.864. The number of carbonyl (C=O) groups is 1. The highest BCUT2D eigenvalue weighted by molar-refractivity contribution is 5.85. The van der Waals surface area contributed by atoms with Gasteiger partial charge < -0.3 is 15.6 Å². The average molecular weight is 373 g/mol. The maximum atomic E-state index is 12.2. The van der Waals surface area contributed by atoms with E-state index in [2.05, 4.69) is 10.3 Å². The molecule has 3 N–H and O–H groups in total. The zero-order chi connectivity index (χ0) is 16.3. The molecule has 2 aromatic rings. The SMILES string of the molecule is CC(NC(=O)[C@@H](N)C(C)(C)C)c1cccc(-n2ccnc2)c1.Cl.Cl. The summed E-state index contributed by atoms with van der Waals surface area (Å²) in [4.78, 5) is 16.3. The van der Waals surface area contributed by atoms with Crippen LogP contribution in [0.25, 0.3) is 5.69 Å². The summed E-state index contributed by atoms with van der Waals surface area (Å²) in [6.07, 6.45) is 5.37. The third kappa shape index (κ3) is 5.51. The van der Waals surface area contributed by atoms with Gasteiger partial charge in [0.1, 0.15) is 0 Å². The van der Waals surface area contributed by atoms with Gasteiger partial charge in [-0.05, 0) is 30.0 Å². The summed E-state index contributed by atoms with van der Waals surface area (Å²) >= 11 is 0. The number of rotatable bonds is 4. The van der Waals surface area contributed by atoms with E-state index in [0.717, 1.165) is 11.3 Å². The second-order valence-electron chi connectivity index (χ2n) is 6.64. The first-order valence-electron chi connectivity index (χ1n) is 7.43. The molecule has 0 spiro atoms. The third-order valence-electron chi connectivity index (χ3n) is 3.75. The second-order valence-corrected chi connectivity index (χ2v) is 6.64. The number of amides is 1. The van der Waals surface area contributed by atoms with Crippen molar-refractivity contribution in [3.05, 3.63) is 48.5 Å². The topological polar surface area (TPSA) is 72.9 Å². The largest absolute Gasteiger partial charge is 0.348 e. The zero-order valence-electron chi connectivity index (χ0n) is 14.4. The highest BCUT2D eigenvalue weighted by atomic mass is 35.5. The van der Waals surface area contributed by atoms with Crippen LogP contribution in [0.2, 0.25) is 0 Å². The fraction of sp³-hybridized carbons (Fsp3) is 0.412. The standard InChI is InChI=1S/C17H24N4O.2ClH/c1-12(20-16(22)15(18)17(2,3)4)13-6-5-7-14(10-13)21-9-8-19-11-21;;/h5-12,15H,18H2,1-4H3,(H,20,22);2*1H/t12?,15-;;/m1../s1. The van der Waals surface area contributed by atoms with Crippen LogP contribution in [0.4, 0.5) is 0 Å². The van der Waals surface area contributed by atoms with E-state index in [0.29, 0.717) is 0 Å². The minimum Gasteiger partial charge on any atom is -0.348 e. The normalized spacial score (nSPS) is 13.2. The minimum atomic E-state index is -0.535. The maximum absolute atomic E-state index is 12.2. The monoisotopic (exact) mass is 372 g/mol. The van der Waals surface area contributed by atoms with E-state index in [9.17, 15) is 4.79 Å². The molecular formula is C17H26Cl2N4O. The van der Waals surface area contributed by atoms with Gasteiger partial charge in [-0.15, -0.1) is 24.8 Å². The van der Waals surface area contributed by atoms with Crippen LogP contribution in [0.3, 0.4) is 0 Å². The lowest BCUT2D eigenvalue weighted by molar-refractivity contribution is -0.125. The van der Waals surface area contributed by atoms with E-state index in [1.807, 2.05) is 62.7 Å². The summed E-state index contributed by atoms with van der Waals surface area (Å²) in [7, 11) is 0. The van der Waals surface area contributed by atoms with Crippen LogP contribution in [0.5, 0.6) is 0 Å². The van der Waals surface area contributed by atoms with Gasteiger partial charge in [-0.1, -0.05) is 32.9 Å². The third-order valence-corrected chi connectivity index (χ3v) is 3.75. The molecule has 7 heteroatoms. The predicted octanol–water partition coefficient (Wildman–Crippen LogP) is 3.27. The molecular weight excluding hydrogens is 347 g/mol. The summed E-state index contributed by atoms with van der Waals surface area (Å²) in [6.45, 7) is 7.84. The van der Waals surface area contributed by atoms with Gasteiger partial charge in [0, 0.05) is 18.1 Å². The Balaban J connectivity index is 0.00000264. The van der Waals surface area contributed by atoms with E-state index >= 15 is 0 Å². The lowest BCUT2D eigenvalue weighted by atomic mass is 9.86. The van der Waals surface area contributed by atoms with E-state index in [1.165, 1.54) is 0 Å². The van der Waals surface area contributed by atoms with Gasteiger partial charge in [0.05, 0.1) is 18.4 Å². The molecule has 2 atom stereocenters. The molecule has 0 aliphatic carbocycles.